The minimum atomic E-state index is -0.00724. The lowest BCUT2D eigenvalue weighted by molar-refractivity contribution is 0.0233. The molecule has 1 spiro atoms. The molecular formula is C18H20N2O3S. The van der Waals surface area contributed by atoms with Gasteiger partial charge in [-0.2, -0.15) is 0 Å². The lowest BCUT2D eigenvalue weighted by Crippen LogP contribution is -2.60. The fraction of sp³-hybridized carbons (Fsp3) is 0.444. The van der Waals surface area contributed by atoms with Crippen molar-refractivity contribution in [1.82, 2.24) is 9.88 Å². The molecule has 2 aromatic rings. The summed E-state index contributed by atoms with van der Waals surface area (Å²) in [5, 5.41) is 0. The number of rotatable bonds is 4. The highest BCUT2D eigenvalue weighted by Gasteiger charge is 2.51. The number of hydrogen-bond donors (Lipinski definition) is 0. The molecule has 2 aromatic heterocycles. The van der Waals surface area contributed by atoms with Crippen molar-refractivity contribution < 1.29 is 13.9 Å². The molecule has 6 heteroatoms. The van der Waals surface area contributed by atoms with Crippen molar-refractivity contribution in [3.8, 4) is 0 Å². The number of amides is 1. The Balaban J connectivity index is 1.28. The Hall–Kier alpha value is -1.79. The number of aryl methyl sites for hydroxylation is 1. The Morgan fingerprint density at radius 1 is 1.42 bits per heavy atom. The van der Waals surface area contributed by atoms with E-state index in [1.807, 2.05) is 47.9 Å². The first-order chi connectivity index (χ1) is 11.6. The molecule has 0 N–H and O–H groups in total. The Bertz CT molecular complexity index is 725. The molecule has 4 rings (SSSR count). The largest absolute Gasteiger partial charge is 0.456 e. The molecule has 1 unspecified atom stereocenters. The fourth-order valence-corrected chi connectivity index (χ4v) is 4.87. The quantitative estimate of drug-likeness (QED) is 0.854. The summed E-state index contributed by atoms with van der Waals surface area (Å²) in [7, 11) is 0. The second-order valence-corrected chi connectivity index (χ2v) is 8.01. The fourth-order valence-electron chi connectivity index (χ4n) is 3.31. The minimum absolute atomic E-state index is 0.00724. The predicted octanol–water partition coefficient (Wildman–Crippen LogP) is 2.90. The zero-order valence-electron chi connectivity index (χ0n) is 13.6. The number of thioether (sulfide) groups is 1. The first-order valence-electron chi connectivity index (χ1n) is 8.15. The van der Waals surface area contributed by atoms with Crippen LogP contribution in [-0.2, 0) is 11.3 Å². The van der Waals surface area contributed by atoms with Gasteiger partial charge in [-0.1, -0.05) is 6.07 Å². The molecule has 2 aliphatic rings. The molecule has 2 aliphatic heterocycles. The van der Waals surface area contributed by atoms with E-state index in [-0.39, 0.29) is 16.8 Å². The summed E-state index contributed by atoms with van der Waals surface area (Å²) >= 11 is 1.93. The van der Waals surface area contributed by atoms with E-state index in [0.29, 0.717) is 12.4 Å². The van der Waals surface area contributed by atoms with Crippen molar-refractivity contribution in [3.05, 3.63) is 53.7 Å². The van der Waals surface area contributed by atoms with Crippen LogP contribution in [-0.4, -0.2) is 45.5 Å². The van der Waals surface area contributed by atoms with Gasteiger partial charge in [0.15, 0.2) is 5.76 Å². The van der Waals surface area contributed by atoms with Crippen molar-refractivity contribution in [1.29, 1.82) is 0 Å². The molecule has 0 saturated carbocycles. The first kappa shape index (κ1) is 15.7. The van der Waals surface area contributed by atoms with Crippen LogP contribution in [0.3, 0.4) is 0 Å². The van der Waals surface area contributed by atoms with E-state index in [4.69, 9.17) is 9.15 Å². The van der Waals surface area contributed by atoms with Gasteiger partial charge in [0.1, 0.15) is 5.76 Å². The molecular weight excluding hydrogens is 324 g/mol. The highest BCUT2D eigenvalue weighted by atomic mass is 32.2. The molecule has 1 amide bonds. The Morgan fingerprint density at radius 2 is 2.29 bits per heavy atom. The number of aromatic nitrogens is 1. The molecule has 0 aromatic carbocycles. The number of ether oxygens (including phenoxy) is 1. The van der Waals surface area contributed by atoms with E-state index in [2.05, 4.69) is 4.98 Å². The first-order valence-corrected chi connectivity index (χ1v) is 9.13. The second-order valence-electron chi connectivity index (χ2n) is 6.52. The van der Waals surface area contributed by atoms with Gasteiger partial charge in [-0.05, 0) is 37.6 Å². The number of hydrogen-bond acceptors (Lipinski definition) is 5. The number of nitrogens with zero attached hydrogens (tertiary/aromatic N) is 2. The molecule has 5 nitrogen and oxygen atoms in total. The van der Waals surface area contributed by atoms with Gasteiger partial charge in [0, 0.05) is 25.0 Å². The van der Waals surface area contributed by atoms with Gasteiger partial charge in [-0.15, -0.1) is 11.8 Å². The molecule has 24 heavy (non-hydrogen) atoms. The summed E-state index contributed by atoms with van der Waals surface area (Å²) in [5.41, 5.74) is 0.960. The van der Waals surface area contributed by atoms with Gasteiger partial charge in [0.25, 0.3) is 5.91 Å². The SMILES string of the molecule is Cc1ccc(C(=O)N2CC3(CC(OCc4ccccn4)CS3)C2)o1. The van der Waals surface area contributed by atoms with E-state index in [1.54, 1.807) is 12.3 Å². The maximum absolute atomic E-state index is 12.4. The summed E-state index contributed by atoms with van der Waals surface area (Å²) in [5.74, 6) is 2.18. The van der Waals surface area contributed by atoms with E-state index in [9.17, 15) is 4.79 Å². The van der Waals surface area contributed by atoms with Gasteiger partial charge in [0.2, 0.25) is 0 Å². The maximum atomic E-state index is 12.4. The lowest BCUT2D eigenvalue weighted by atomic mass is 9.92. The smallest absolute Gasteiger partial charge is 0.289 e. The van der Waals surface area contributed by atoms with Crippen LogP contribution in [0.5, 0.6) is 0 Å². The number of likely N-dealkylation sites (tertiary alicyclic amines) is 1. The van der Waals surface area contributed by atoms with E-state index in [0.717, 1.165) is 36.7 Å². The normalized spacial score (nSPS) is 21.9. The standard InChI is InChI=1S/C18H20N2O3S/c1-13-5-6-16(23-13)17(21)20-11-18(12-20)8-15(10-24-18)22-9-14-4-2-3-7-19-14/h2-7,15H,8-12H2,1H3. The van der Waals surface area contributed by atoms with E-state index < -0.39 is 0 Å². The van der Waals surface area contributed by atoms with Gasteiger partial charge < -0.3 is 14.1 Å². The highest BCUT2D eigenvalue weighted by Crippen LogP contribution is 2.46. The number of pyridine rings is 1. The average Bonchev–Trinajstić information content (AvgIpc) is 3.18. The summed E-state index contributed by atoms with van der Waals surface area (Å²) in [6.07, 6.45) is 3.01. The second kappa shape index (κ2) is 6.26. The van der Waals surface area contributed by atoms with Crippen LogP contribution in [0.4, 0.5) is 0 Å². The summed E-state index contributed by atoms with van der Waals surface area (Å²) < 4.78 is 11.6. The Labute approximate surface area is 145 Å². The van der Waals surface area contributed by atoms with E-state index >= 15 is 0 Å². The van der Waals surface area contributed by atoms with Crippen molar-refractivity contribution in [2.75, 3.05) is 18.8 Å². The molecule has 0 bridgehead atoms. The predicted molar refractivity (Wildman–Crippen MR) is 92.0 cm³/mol. The third-order valence-corrected chi connectivity index (χ3v) is 6.14. The van der Waals surface area contributed by atoms with Gasteiger partial charge >= 0.3 is 0 Å². The molecule has 4 heterocycles. The molecule has 2 saturated heterocycles. The van der Waals surface area contributed by atoms with Gasteiger partial charge in [0.05, 0.1) is 23.2 Å². The minimum Gasteiger partial charge on any atom is -0.456 e. The zero-order chi connectivity index (χ0) is 16.6. The molecule has 2 fully saturated rings. The number of carbonyl (C=O) groups is 1. The van der Waals surface area contributed by atoms with Crippen molar-refractivity contribution in [2.24, 2.45) is 0 Å². The van der Waals surface area contributed by atoms with Crippen LogP contribution in [0.2, 0.25) is 0 Å². The van der Waals surface area contributed by atoms with Crippen LogP contribution < -0.4 is 0 Å². The van der Waals surface area contributed by atoms with Gasteiger partial charge in [-0.25, -0.2) is 0 Å². The highest BCUT2D eigenvalue weighted by molar-refractivity contribution is 8.01. The lowest BCUT2D eigenvalue weighted by Gasteiger charge is -2.47. The topological polar surface area (TPSA) is 55.6 Å². The average molecular weight is 344 g/mol. The van der Waals surface area contributed by atoms with Crippen LogP contribution in [0.25, 0.3) is 0 Å². The van der Waals surface area contributed by atoms with Crippen molar-refractivity contribution >= 4 is 17.7 Å². The third kappa shape index (κ3) is 3.08. The summed E-state index contributed by atoms with van der Waals surface area (Å²) in [4.78, 5) is 18.5. The summed E-state index contributed by atoms with van der Waals surface area (Å²) in [6, 6.07) is 9.44. The molecule has 0 aliphatic carbocycles. The number of carbonyl (C=O) groups excluding carboxylic acids is 1. The molecule has 126 valence electrons. The third-order valence-electron chi connectivity index (χ3n) is 4.56. The zero-order valence-corrected chi connectivity index (χ0v) is 14.4. The number of furan rings is 1. The van der Waals surface area contributed by atoms with Crippen LogP contribution >= 0.6 is 11.8 Å². The summed E-state index contributed by atoms with van der Waals surface area (Å²) in [6.45, 7) is 3.96. The van der Waals surface area contributed by atoms with Crippen LogP contribution in [0.15, 0.2) is 40.9 Å². The van der Waals surface area contributed by atoms with E-state index in [1.165, 1.54) is 0 Å². The Morgan fingerprint density at radius 3 is 3.00 bits per heavy atom. The van der Waals surface area contributed by atoms with Gasteiger partial charge in [-0.3, -0.25) is 9.78 Å². The molecule has 0 radical (unpaired) electrons. The maximum Gasteiger partial charge on any atom is 0.289 e. The van der Waals surface area contributed by atoms with Crippen LogP contribution in [0, 0.1) is 6.92 Å². The van der Waals surface area contributed by atoms with Crippen molar-refractivity contribution in [3.63, 3.8) is 0 Å². The van der Waals surface area contributed by atoms with Crippen molar-refractivity contribution in [2.45, 2.75) is 30.8 Å². The monoisotopic (exact) mass is 344 g/mol. The Kier molecular flexibility index (Phi) is 4.10. The molecule has 1 atom stereocenters. The van der Waals surface area contributed by atoms with Crippen LogP contribution in [0.1, 0.15) is 28.4 Å².